The van der Waals surface area contributed by atoms with Crippen molar-refractivity contribution in [2.45, 2.75) is 18.2 Å². The van der Waals surface area contributed by atoms with Crippen LogP contribution >= 0.6 is 11.3 Å². The quantitative estimate of drug-likeness (QED) is 0.847. The van der Waals surface area contributed by atoms with Crippen molar-refractivity contribution in [3.05, 3.63) is 40.6 Å². The molecule has 1 heterocycles. The van der Waals surface area contributed by atoms with Gasteiger partial charge in [0.05, 0.1) is 10.6 Å². The van der Waals surface area contributed by atoms with Crippen molar-refractivity contribution in [2.75, 3.05) is 10.5 Å². The lowest BCUT2D eigenvalue weighted by Gasteiger charge is -2.09. The molecule has 1 aromatic carbocycles. The number of hydrogen-bond donors (Lipinski definition) is 2. The Morgan fingerprint density at radius 1 is 1.33 bits per heavy atom. The summed E-state index contributed by atoms with van der Waals surface area (Å²) in [5, 5.41) is 3.55. The molecule has 0 unspecified atom stereocenters. The maximum absolute atomic E-state index is 12.1. The lowest BCUT2D eigenvalue weighted by atomic mass is 10.1. The van der Waals surface area contributed by atoms with Crippen LogP contribution in [0.15, 0.2) is 39.9 Å². The van der Waals surface area contributed by atoms with Gasteiger partial charge in [-0.05, 0) is 35.6 Å². The van der Waals surface area contributed by atoms with Crippen LogP contribution in [0.5, 0.6) is 0 Å². The molecule has 18 heavy (non-hydrogen) atoms. The minimum Gasteiger partial charge on any atom is -0.398 e. The molecule has 0 fully saturated rings. The number of nitrogen functional groups attached to an aromatic ring is 1. The van der Waals surface area contributed by atoms with Gasteiger partial charge in [0.25, 0.3) is 10.0 Å². The predicted octanol–water partition coefficient (Wildman–Crippen LogP) is 2.69. The molecule has 2 aromatic rings. The lowest BCUT2D eigenvalue weighted by Crippen LogP contribution is -2.13. The number of hydrogen-bond acceptors (Lipinski definition) is 4. The highest BCUT2D eigenvalue weighted by atomic mass is 32.2. The number of sulfonamides is 1. The van der Waals surface area contributed by atoms with Crippen molar-refractivity contribution >= 4 is 32.7 Å². The van der Waals surface area contributed by atoms with E-state index in [0.29, 0.717) is 11.4 Å². The summed E-state index contributed by atoms with van der Waals surface area (Å²) in [5.41, 5.74) is 7.83. The van der Waals surface area contributed by atoms with E-state index in [1.54, 1.807) is 23.6 Å². The van der Waals surface area contributed by atoms with E-state index in [0.717, 1.165) is 12.0 Å². The minimum atomic E-state index is -3.55. The van der Waals surface area contributed by atoms with E-state index >= 15 is 0 Å². The molecule has 0 aliphatic carbocycles. The molecule has 0 saturated carbocycles. The fourth-order valence-electron chi connectivity index (χ4n) is 1.60. The van der Waals surface area contributed by atoms with Crippen molar-refractivity contribution < 1.29 is 8.42 Å². The molecule has 0 aliphatic rings. The smallest absolute Gasteiger partial charge is 0.261 e. The molecule has 0 aliphatic heterocycles. The first kappa shape index (κ1) is 12.9. The van der Waals surface area contributed by atoms with Crippen LogP contribution in [0, 0.1) is 0 Å². The number of anilines is 2. The first-order valence-electron chi connectivity index (χ1n) is 5.46. The minimum absolute atomic E-state index is 0.184. The normalized spacial score (nSPS) is 11.4. The van der Waals surface area contributed by atoms with Gasteiger partial charge in [-0.25, -0.2) is 8.42 Å². The van der Waals surface area contributed by atoms with Gasteiger partial charge in [-0.3, -0.25) is 4.72 Å². The molecule has 2 rings (SSSR count). The Balaban J connectivity index is 2.33. The number of aryl methyl sites for hydroxylation is 1. The Bertz CT molecular complexity index is 634. The molecule has 96 valence electrons. The SMILES string of the molecule is CCc1ccc(S(=O)(=O)Nc2ccsc2)cc1N. The van der Waals surface area contributed by atoms with Gasteiger partial charge in [-0.15, -0.1) is 0 Å². The van der Waals surface area contributed by atoms with Crippen LogP contribution in [-0.4, -0.2) is 8.42 Å². The summed E-state index contributed by atoms with van der Waals surface area (Å²) in [6, 6.07) is 6.53. The molecule has 0 radical (unpaired) electrons. The number of benzene rings is 1. The van der Waals surface area contributed by atoms with Gasteiger partial charge in [-0.2, -0.15) is 11.3 Å². The largest absolute Gasteiger partial charge is 0.398 e. The topological polar surface area (TPSA) is 72.2 Å². The molecular formula is C12H14N2O2S2. The molecular weight excluding hydrogens is 268 g/mol. The maximum Gasteiger partial charge on any atom is 0.261 e. The average Bonchev–Trinajstić information content (AvgIpc) is 2.81. The van der Waals surface area contributed by atoms with E-state index in [-0.39, 0.29) is 4.90 Å². The standard InChI is InChI=1S/C12H14N2O2S2/c1-2-9-3-4-11(7-12(9)13)18(15,16)14-10-5-6-17-8-10/h3-8,14H,2,13H2,1H3. The van der Waals surface area contributed by atoms with Gasteiger partial charge in [0.15, 0.2) is 0 Å². The number of nitrogens with two attached hydrogens (primary N) is 1. The maximum atomic E-state index is 12.1. The number of rotatable bonds is 4. The molecule has 0 spiro atoms. The van der Waals surface area contributed by atoms with Crippen LogP contribution in [0.4, 0.5) is 11.4 Å². The van der Waals surface area contributed by atoms with Crippen molar-refractivity contribution in [3.8, 4) is 0 Å². The molecule has 4 nitrogen and oxygen atoms in total. The van der Waals surface area contributed by atoms with E-state index in [2.05, 4.69) is 4.72 Å². The molecule has 3 N–H and O–H groups in total. The Morgan fingerprint density at radius 2 is 2.11 bits per heavy atom. The molecule has 0 saturated heterocycles. The molecule has 0 atom stereocenters. The Kier molecular flexibility index (Phi) is 3.58. The first-order chi connectivity index (χ1) is 8.53. The third kappa shape index (κ3) is 2.65. The summed E-state index contributed by atoms with van der Waals surface area (Å²) in [6.45, 7) is 1.98. The monoisotopic (exact) mass is 282 g/mol. The van der Waals surface area contributed by atoms with E-state index in [1.807, 2.05) is 12.3 Å². The Labute approximate surface area is 111 Å². The fourth-order valence-corrected chi connectivity index (χ4v) is 3.35. The van der Waals surface area contributed by atoms with Crippen LogP contribution in [-0.2, 0) is 16.4 Å². The zero-order valence-corrected chi connectivity index (χ0v) is 11.5. The summed E-state index contributed by atoms with van der Waals surface area (Å²) < 4.78 is 26.7. The van der Waals surface area contributed by atoms with E-state index in [1.165, 1.54) is 17.4 Å². The third-order valence-corrected chi connectivity index (χ3v) is 4.64. The van der Waals surface area contributed by atoms with Crippen molar-refractivity contribution in [3.63, 3.8) is 0 Å². The van der Waals surface area contributed by atoms with Gasteiger partial charge < -0.3 is 5.73 Å². The van der Waals surface area contributed by atoms with Crippen molar-refractivity contribution in [2.24, 2.45) is 0 Å². The van der Waals surface area contributed by atoms with Crippen molar-refractivity contribution in [1.82, 2.24) is 0 Å². The predicted molar refractivity (Wildman–Crippen MR) is 75.4 cm³/mol. The third-order valence-electron chi connectivity index (χ3n) is 2.58. The average molecular weight is 282 g/mol. The zero-order valence-electron chi connectivity index (χ0n) is 9.88. The fraction of sp³-hybridized carbons (Fsp3) is 0.167. The van der Waals surface area contributed by atoms with Crippen LogP contribution in [0.1, 0.15) is 12.5 Å². The molecule has 0 amide bonds. The first-order valence-corrected chi connectivity index (χ1v) is 7.89. The van der Waals surface area contributed by atoms with E-state index in [9.17, 15) is 8.42 Å². The molecule has 6 heteroatoms. The summed E-state index contributed by atoms with van der Waals surface area (Å²) >= 11 is 1.43. The van der Waals surface area contributed by atoms with Crippen LogP contribution in [0.3, 0.4) is 0 Å². The highest BCUT2D eigenvalue weighted by Crippen LogP contribution is 2.22. The lowest BCUT2D eigenvalue weighted by molar-refractivity contribution is 0.601. The highest BCUT2D eigenvalue weighted by Gasteiger charge is 2.15. The molecule has 0 bridgehead atoms. The van der Waals surface area contributed by atoms with Gasteiger partial charge >= 0.3 is 0 Å². The second-order valence-electron chi connectivity index (χ2n) is 3.83. The Morgan fingerprint density at radius 3 is 2.67 bits per heavy atom. The molecule has 1 aromatic heterocycles. The van der Waals surface area contributed by atoms with Crippen LogP contribution in [0.2, 0.25) is 0 Å². The summed E-state index contributed by atoms with van der Waals surface area (Å²) in [5.74, 6) is 0. The zero-order chi connectivity index (χ0) is 13.2. The number of nitrogens with one attached hydrogen (secondary N) is 1. The second kappa shape index (κ2) is 4.99. The summed E-state index contributed by atoms with van der Waals surface area (Å²) in [6.07, 6.45) is 0.782. The van der Waals surface area contributed by atoms with Gasteiger partial charge in [0.1, 0.15) is 0 Å². The van der Waals surface area contributed by atoms with Crippen LogP contribution in [0.25, 0.3) is 0 Å². The summed E-state index contributed by atoms with van der Waals surface area (Å²) in [4.78, 5) is 0.184. The van der Waals surface area contributed by atoms with E-state index < -0.39 is 10.0 Å². The van der Waals surface area contributed by atoms with E-state index in [4.69, 9.17) is 5.73 Å². The summed E-state index contributed by atoms with van der Waals surface area (Å²) in [7, 11) is -3.55. The van der Waals surface area contributed by atoms with Crippen LogP contribution < -0.4 is 10.5 Å². The van der Waals surface area contributed by atoms with Gasteiger partial charge in [0.2, 0.25) is 0 Å². The highest BCUT2D eigenvalue weighted by molar-refractivity contribution is 7.92. The number of thiophene rings is 1. The second-order valence-corrected chi connectivity index (χ2v) is 6.29. The van der Waals surface area contributed by atoms with Crippen molar-refractivity contribution in [1.29, 1.82) is 0 Å². The van der Waals surface area contributed by atoms with Gasteiger partial charge in [0, 0.05) is 11.1 Å². The Hall–Kier alpha value is -1.53. The van der Waals surface area contributed by atoms with Gasteiger partial charge in [-0.1, -0.05) is 13.0 Å².